The number of amides is 2. The van der Waals surface area contributed by atoms with E-state index in [9.17, 15) is 9.59 Å². The summed E-state index contributed by atoms with van der Waals surface area (Å²) >= 11 is 1.61. The number of aromatic nitrogens is 1. The molecule has 1 aliphatic carbocycles. The highest BCUT2D eigenvalue weighted by molar-refractivity contribution is 7.18. The largest absolute Gasteiger partial charge is 0.384 e. The van der Waals surface area contributed by atoms with Crippen LogP contribution in [0.1, 0.15) is 44.9 Å². The highest BCUT2D eigenvalue weighted by atomic mass is 32.1. The van der Waals surface area contributed by atoms with Gasteiger partial charge in [0, 0.05) is 29.7 Å². The molecular weight excluding hydrogens is 362 g/mol. The van der Waals surface area contributed by atoms with Gasteiger partial charge in [-0.3, -0.25) is 9.59 Å². The number of rotatable bonds is 6. The molecule has 27 heavy (non-hydrogen) atoms. The molecular formula is C20H21N3O3S. The third-order valence-corrected chi connectivity index (χ3v) is 6.24. The summed E-state index contributed by atoms with van der Waals surface area (Å²) in [5.41, 5.74) is 8.19. The second-order valence-electron chi connectivity index (χ2n) is 6.78. The van der Waals surface area contributed by atoms with Gasteiger partial charge in [0.15, 0.2) is 0 Å². The zero-order valence-electron chi connectivity index (χ0n) is 15.0. The summed E-state index contributed by atoms with van der Waals surface area (Å²) in [5, 5.41) is 4.16. The van der Waals surface area contributed by atoms with E-state index in [0.717, 1.165) is 16.6 Å². The van der Waals surface area contributed by atoms with Crippen LogP contribution < -0.4 is 11.1 Å². The second kappa shape index (κ2) is 7.17. The highest BCUT2D eigenvalue weighted by Gasteiger charge is 2.35. The minimum atomic E-state index is -0.462. The van der Waals surface area contributed by atoms with Crippen molar-refractivity contribution in [3.63, 3.8) is 0 Å². The number of carbonyl (C=O) groups is 2. The third-order valence-electron chi connectivity index (χ3n) is 5.04. The van der Waals surface area contributed by atoms with E-state index in [-0.39, 0.29) is 17.9 Å². The lowest BCUT2D eigenvalue weighted by molar-refractivity contribution is -0.122. The normalized spacial score (nSPS) is 18.6. The van der Waals surface area contributed by atoms with E-state index < -0.39 is 5.91 Å². The Morgan fingerprint density at radius 3 is 2.89 bits per heavy atom. The maximum Gasteiger partial charge on any atom is 0.265 e. The molecule has 7 heteroatoms. The molecule has 2 amide bonds. The van der Waals surface area contributed by atoms with Gasteiger partial charge in [-0.2, -0.15) is 0 Å². The van der Waals surface area contributed by atoms with Crippen LogP contribution in [-0.2, 0) is 16.0 Å². The smallest absolute Gasteiger partial charge is 0.265 e. The minimum absolute atomic E-state index is 0.0123. The van der Waals surface area contributed by atoms with E-state index in [4.69, 9.17) is 10.5 Å². The van der Waals surface area contributed by atoms with Crippen LogP contribution in [-0.4, -0.2) is 30.5 Å². The number of fused-ring (bicyclic) bond motifs is 2. The molecule has 1 aliphatic rings. The average molecular weight is 383 g/mol. The Balaban J connectivity index is 1.64. The molecule has 6 nitrogen and oxygen atoms in total. The van der Waals surface area contributed by atoms with E-state index >= 15 is 0 Å². The molecule has 2 aromatic heterocycles. The first-order valence-electron chi connectivity index (χ1n) is 8.85. The summed E-state index contributed by atoms with van der Waals surface area (Å²) in [5.74, 6) is -0.310. The molecule has 0 unspecified atom stereocenters. The van der Waals surface area contributed by atoms with Crippen LogP contribution in [0.15, 0.2) is 36.4 Å². The van der Waals surface area contributed by atoms with Crippen LogP contribution in [0.25, 0.3) is 10.2 Å². The topological polar surface area (TPSA) is 97.2 Å². The van der Waals surface area contributed by atoms with E-state index in [1.807, 2.05) is 12.1 Å². The lowest BCUT2D eigenvalue weighted by atomic mass is 9.98. The fraction of sp³-hybridized carbons (Fsp3) is 0.300. The second-order valence-corrected chi connectivity index (χ2v) is 7.86. The third kappa shape index (κ3) is 3.36. The molecule has 0 radical (unpaired) electrons. The monoisotopic (exact) mass is 383 g/mol. The summed E-state index contributed by atoms with van der Waals surface area (Å²) in [7, 11) is 1.59. The van der Waals surface area contributed by atoms with Gasteiger partial charge in [-0.05, 0) is 29.7 Å². The number of hydrogen-bond donors (Lipinski definition) is 3. The van der Waals surface area contributed by atoms with Gasteiger partial charge >= 0.3 is 0 Å². The Kier molecular flexibility index (Phi) is 4.72. The van der Waals surface area contributed by atoms with Gasteiger partial charge in [0.05, 0.1) is 12.6 Å². The summed E-state index contributed by atoms with van der Waals surface area (Å²) in [6, 6.07) is 12.1. The Labute approximate surface area is 160 Å². The van der Waals surface area contributed by atoms with Crippen molar-refractivity contribution < 1.29 is 14.3 Å². The lowest BCUT2D eigenvalue weighted by Crippen LogP contribution is -2.31. The van der Waals surface area contributed by atoms with Gasteiger partial charge in [0.2, 0.25) is 5.91 Å². The number of primary amides is 1. The molecule has 1 aromatic carbocycles. The van der Waals surface area contributed by atoms with Gasteiger partial charge in [-0.25, -0.2) is 0 Å². The summed E-state index contributed by atoms with van der Waals surface area (Å²) < 4.78 is 5.02. The number of hydrogen-bond acceptors (Lipinski definition) is 4. The molecule has 0 spiro atoms. The van der Waals surface area contributed by atoms with Gasteiger partial charge in [-0.1, -0.05) is 24.3 Å². The van der Waals surface area contributed by atoms with Gasteiger partial charge < -0.3 is 20.8 Å². The van der Waals surface area contributed by atoms with Crippen LogP contribution in [0, 0.1) is 0 Å². The lowest BCUT2D eigenvalue weighted by Gasteiger charge is -2.21. The molecule has 0 bridgehead atoms. The molecule has 140 valence electrons. The Morgan fingerprint density at radius 2 is 2.15 bits per heavy atom. The number of thiophene rings is 1. The van der Waals surface area contributed by atoms with Crippen LogP contribution in [0.3, 0.4) is 0 Å². The fourth-order valence-electron chi connectivity index (χ4n) is 3.74. The Hall–Kier alpha value is -2.64. The van der Waals surface area contributed by atoms with Gasteiger partial charge in [0.25, 0.3) is 5.91 Å². The van der Waals surface area contributed by atoms with E-state index in [2.05, 4.69) is 28.5 Å². The number of benzene rings is 1. The van der Waals surface area contributed by atoms with Crippen molar-refractivity contribution in [1.82, 2.24) is 10.3 Å². The zero-order valence-corrected chi connectivity index (χ0v) is 15.8. The standard InChI is InChI=1S/C20H21N3O3S/c1-26-7-6-17(24)23-18-13-5-3-2-4-11(13)8-14(18)16-10-12-9-15(19(21)25)22-20(12)27-16/h2-5,9-10,14,18,22H,6-8H2,1H3,(H2,21,25)(H,23,24)/t14-,18-/m0/s1. The van der Waals surface area contributed by atoms with Crippen molar-refractivity contribution >= 4 is 33.4 Å². The number of aromatic amines is 1. The van der Waals surface area contributed by atoms with Crippen LogP contribution in [0.4, 0.5) is 0 Å². The van der Waals surface area contributed by atoms with Crippen LogP contribution in [0.2, 0.25) is 0 Å². The van der Waals surface area contributed by atoms with Crippen molar-refractivity contribution in [3.05, 3.63) is 58.1 Å². The first kappa shape index (κ1) is 17.8. The first-order valence-corrected chi connectivity index (χ1v) is 9.67. The maximum absolute atomic E-state index is 12.3. The van der Waals surface area contributed by atoms with Crippen molar-refractivity contribution in [2.45, 2.75) is 24.8 Å². The number of nitrogens with two attached hydrogens (primary N) is 1. The summed E-state index contributed by atoms with van der Waals surface area (Å²) in [4.78, 5) is 28.9. The number of methoxy groups -OCH3 is 1. The number of H-pyrrole nitrogens is 1. The molecule has 0 saturated carbocycles. The SMILES string of the molecule is COCCC(=O)N[C@H]1c2ccccc2C[C@H]1c1cc2cc(C(N)=O)[nH]c2s1. The predicted molar refractivity (Wildman–Crippen MR) is 105 cm³/mol. The number of carbonyl (C=O) groups excluding carboxylic acids is 2. The Bertz CT molecular complexity index is 975. The number of ether oxygens (including phenoxy) is 1. The highest BCUT2D eigenvalue weighted by Crippen LogP contribution is 2.45. The Morgan fingerprint density at radius 1 is 1.33 bits per heavy atom. The minimum Gasteiger partial charge on any atom is -0.384 e. The molecule has 2 atom stereocenters. The van der Waals surface area contributed by atoms with E-state index in [1.165, 1.54) is 16.0 Å². The predicted octanol–water partition coefficient (Wildman–Crippen LogP) is 2.86. The van der Waals surface area contributed by atoms with Crippen molar-refractivity contribution in [2.24, 2.45) is 5.73 Å². The number of nitrogens with one attached hydrogen (secondary N) is 2. The molecule has 4 rings (SSSR count). The van der Waals surface area contributed by atoms with Crippen molar-refractivity contribution in [1.29, 1.82) is 0 Å². The molecule has 2 heterocycles. The average Bonchev–Trinajstić information content (AvgIpc) is 3.31. The van der Waals surface area contributed by atoms with Crippen LogP contribution in [0.5, 0.6) is 0 Å². The van der Waals surface area contributed by atoms with E-state index in [1.54, 1.807) is 24.5 Å². The molecule has 0 fully saturated rings. The fourth-order valence-corrected chi connectivity index (χ4v) is 4.93. The molecule has 0 saturated heterocycles. The summed E-state index contributed by atoms with van der Waals surface area (Å²) in [6.07, 6.45) is 1.21. The van der Waals surface area contributed by atoms with Crippen LogP contribution >= 0.6 is 11.3 Å². The molecule has 3 aromatic rings. The zero-order chi connectivity index (χ0) is 19.0. The molecule has 4 N–H and O–H groups in total. The summed E-state index contributed by atoms with van der Waals surface area (Å²) in [6.45, 7) is 0.406. The van der Waals surface area contributed by atoms with Gasteiger partial charge in [-0.15, -0.1) is 11.3 Å². The maximum atomic E-state index is 12.3. The van der Waals surface area contributed by atoms with Crippen molar-refractivity contribution in [2.75, 3.05) is 13.7 Å². The quantitative estimate of drug-likeness (QED) is 0.610. The first-order chi connectivity index (χ1) is 13.1. The van der Waals surface area contributed by atoms with E-state index in [0.29, 0.717) is 18.7 Å². The molecule has 0 aliphatic heterocycles. The van der Waals surface area contributed by atoms with Gasteiger partial charge in [0.1, 0.15) is 10.5 Å². The van der Waals surface area contributed by atoms with Crippen molar-refractivity contribution in [3.8, 4) is 0 Å².